The van der Waals surface area contributed by atoms with Gasteiger partial charge in [0.25, 0.3) is 0 Å². The molecule has 0 saturated heterocycles. The van der Waals surface area contributed by atoms with Crippen LogP contribution in [0.1, 0.15) is 66.2 Å². The van der Waals surface area contributed by atoms with E-state index in [0.29, 0.717) is 18.0 Å². The molecule has 8 heteroatoms. The highest BCUT2D eigenvalue weighted by atomic mass is 32.1. The first-order valence-corrected chi connectivity index (χ1v) is 13.3. The molecular weight excluding hydrogens is 458 g/mol. The smallest absolute Gasteiger partial charge is 0.226 e. The van der Waals surface area contributed by atoms with Crippen LogP contribution in [0.25, 0.3) is 6.08 Å². The van der Waals surface area contributed by atoms with Crippen molar-refractivity contribution >= 4 is 39.8 Å². The largest absolute Gasteiger partial charge is 0.469 e. The summed E-state index contributed by atoms with van der Waals surface area (Å²) in [7, 11) is 2.05. The van der Waals surface area contributed by atoms with Gasteiger partial charge in [-0.15, -0.1) is 0 Å². The molecule has 0 aliphatic carbocycles. The third-order valence-electron chi connectivity index (χ3n) is 5.30. The second-order valence-corrected chi connectivity index (χ2v) is 9.83. The molecule has 2 aliphatic heterocycles. The van der Waals surface area contributed by atoms with Crippen LogP contribution in [0.15, 0.2) is 48.5 Å². The Balaban J connectivity index is 0.00000103. The number of fused-ring (bicyclic) bond motifs is 1. The highest BCUT2D eigenvalue weighted by Crippen LogP contribution is 2.34. The van der Waals surface area contributed by atoms with Crippen molar-refractivity contribution in [1.29, 1.82) is 0 Å². The zero-order chi connectivity index (χ0) is 26.0. The van der Waals surface area contributed by atoms with Crippen LogP contribution in [0.4, 0.5) is 16.5 Å². The summed E-state index contributed by atoms with van der Waals surface area (Å²) < 4.78 is 5.90. The number of nitrogens with one attached hydrogen (secondary N) is 3. The molecule has 2 aromatic rings. The fourth-order valence-electron chi connectivity index (χ4n) is 3.52. The number of ether oxygens (including phenoxy) is 1. The lowest BCUT2D eigenvalue weighted by Gasteiger charge is -2.21. The van der Waals surface area contributed by atoms with E-state index in [2.05, 4.69) is 58.7 Å². The average molecular weight is 500 g/mol. The zero-order valence-corrected chi connectivity index (χ0v) is 23.1. The van der Waals surface area contributed by atoms with E-state index >= 15 is 0 Å². The summed E-state index contributed by atoms with van der Waals surface area (Å²) in [5.41, 5.74) is 2.25. The Labute approximate surface area is 214 Å². The summed E-state index contributed by atoms with van der Waals surface area (Å²) in [4.78, 5) is 19.9. The van der Waals surface area contributed by atoms with Gasteiger partial charge in [-0.05, 0) is 30.7 Å². The second-order valence-electron chi connectivity index (χ2n) is 8.77. The van der Waals surface area contributed by atoms with Crippen molar-refractivity contribution in [3.05, 3.63) is 53.4 Å². The summed E-state index contributed by atoms with van der Waals surface area (Å²) >= 11 is 1.44. The molecule has 2 atom stereocenters. The molecule has 4 rings (SSSR count). The number of benzene rings is 1. The van der Waals surface area contributed by atoms with Gasteiger partial charge in [0.1, 0.15) is 5.76 Å². The topological polar surface area (TPSA) is 78.5 Å². The summed E-state index contributed by atoms with van der Waals surface area (Å²) in [5, 5.41) is 10.2. The molecule has 192 valence electrons. The van der Waals surface area contributed by atoms with Crippen LogP contribution in [0.3, 0.4) is 0 Å². The lowest BCUT2D eigenvalue weighted by molar-refractivity contribution is -0.116. The highest BCUT2D eigenvalue weighted by molar-refractivity contribution is 7.16. The molecule has 0 spiro atoms. The minimum Gasteiger partial charge on any atom is -0.469 e. The quantitative estimate of drug-likeness (QED) is 0.413. The number of allylic oxidation sites excluding steroid dienone is 1. The molecule has 7 nitrogen and oxygen atoms in total. The number of aromatic nitrogens is 1. The van der Waals surface area contributed by atoms with Crippen LogP contribution < -0.4 is 20.9 Å². The van der Waals surface area contributed by atoms with Crippen LogP contribution in [0.2, 0.25) is 0 Å². The number of hydrogen-bond donors (Lipinski definition) is 3. The van der Waals surface area contributed by atoms with E-state index in [4.69, 9.17) is 4.74 Å². The number of carbonyl (C=O) groups is 1. The van der Waals surface area contributed by atoms with Gasteiger partial charge < -0.3 is 25.6 Å². The highest BCUT2D eigenvalue weighted by Gasteiger charge is 2.26. The van der Waals surface area contributed by atoms with Gasteiger partial charge in [-0.1, -0.05) is 71.9 Å². The van der Waals surface area contributed by atoms with Gasteiger partial charge >= 0.3 is 0 Å². The van der Waals surface area contributed by atoms with Crippen molar-refractivity contribution < 1.29 is 9.53 Å². The Hall–Kier alpha value is -3.00. The maximum atomic E-state index is 12.4. The predicted molar refractivity (Wildman–Crippen MR) is 150 cm³/mol. The molecule has 1 amide bonds. The van der Waals surface area contributed by atoms with Gasteiger partial charge in [0.15, 0.2) is 11.4 Å². The molecule has 1 aromatic carbocycles. The summed E-state index contributed by atoms with van der Waals surface area (Å²) in [6.07, 6.45) is 8.64. The standard InChI is InChI=1S/C23H29N5O2S.2C2H6/c1-23(2,3)18-14-24-21(30-18)12-9-15-13-25-22(31-15)27-20(29)11-10-19-26-16-7-5-6-8-17(16)28(19)4;2*1-2/h5-9,12-14,19,21,24,26H,10-11H2,1-4H3,(H,25,27,29);2*1-2H3/b12-9+;;. The molecule has 3 N–H and O–H groups in total. The van der Waals surface area contributed by atoms with Crippen molar-refractivity contribution in [2.45, 2.75) is 73.7 Å². The number of anilines is 3. The second kappa shape index (κ2) is 13.2. The molecule has 2 unspecified atom stereocenters. The van der Waals surface area contributed by atoms with Gasteiger partial charge in [0.05, 0.1) is 17.5 Å². The van der Waals surface area contributed by atoms with E-state index in [1.54, 1.807) is 6.20 Å². The van der Waals surface area contributed by atoms with Gasteiger partial charge in [-0.2, -0.15) is 0 Å². The normalized spacial score (nSPS) is 18.2. The summed E-state index contributed by atoms with van der Waals surface area (Å²) in [5.74, 6) is 0.903. The van der Waals surface area contributed by atoms with Gasteiger partial charge in [0.2, 0.25) is 5.91 Å². The summed E-state index contributed by atoms with van der Waals surface area (Å²) in [6, 6.07) is 8.18. The van der Waals surface area contributed by atoms with Gasteiger partial charge in [-0.25, -0.2) is 4.98 Å². The molecular formula is C27H41N5O2S. The number of rotatable bonds is 6. The van der Waals surface area contributed by atoms with E-state index in [0.717, 1.165) is 22.0 Å². The van der Waals surface area contributed by atoms with Crippen molar-refractivity contribution in [1.82, 2.24) is 10.3 Å². The maximum Gasteiger partial charge on any atom is 0.226 e. The summed E-state index contributed by atoms with van der Waals surface area (Å²) in [6.45, 7) is 14.3. The van der Waals surface area contributed by atoms with E-state index in [-0.39, 0.29) is 23.7 Å². The van der Waals surface area contributed by atoms with Gasteiger partial charge in [0, 0.05) is 36.2 Å². The van der Waals surface area contributed by atoms with Crippen molar-refractivity contribution in [2.24, 2.45) is 5.41 Å². The Morgan fingerprint density at radius 2 is 1.94 bits per heavy atom. The molecule has 3 heterocycles. The van der Waals surface area contributed by atoms with E-state index < -0.39 is 0 Å². The Kier molecular flexibility index (Phi) is 10.6. The number of amides is 1. The lowest BCUT2D eigenvalue weighted by Crippen LogP contribution is -2.33. The molecule has 35 heavy (non-hydrogen) atoms. The van der Waals surface area contributed by atoms with Crippen LogP contribution in [-0.4, -0.2) is 30.3 Å². The molecule has 0 fully saturated rings. The van der Waals surface area contributed by atoms with Crippen molar-refractivity contribution in [3.8, 4) is 0 Å². The average Bonchev–Trinajstić information content (AvgIpc) is 3.58. The fraction of sp³-hybridized carbons (Fsp3) is 0.481. The third kappa shape index (κ3) is 7.75. The Morgan fingerprint density at radius 3 is 2.60 bits per heavy atom. The molecule has 0 radical (unpaired) electrons. The molecule has 1 aromatic heterocycles. The lowest BCUT2D eigenvalue weighted by atomic mass is 9.95. The SMILES string of the molecule is CC.CC.CN1c2ccccc2NC1CCC(=O)Nc1ncc(/C=C/C2NC=C(C(C)(C)C)O2)s1. The number of thiazole rings is 1. The van der Waals surface area contributed by atoms with Gasteiger partial charge in [-0.3, -0.25) is 4.79 Å². The van der Waals surface area contributed by atoms with Crippen molar-refractivity contribution in [3.63, 3.8) is 0 Å². The predicted octanol–water partition coefficient (Wildman–Crippen LogP) is 6.65. The number of carbonyl (C=O) groups excluding carboxylic acids is 1. The first-order chi connectivity index (χ1) is 16.8. The Bertz CT molecular complexity index is 1010. The van der Waals surface area contributed by atoms with Crippen LogP contribution >= 0.6 is 11.3 Å². The van der Waals surface area contributed by atoms with E-state index in [9.17, 15) is 4.79 Å². The molecule has 0 bridgehead atoms. The number of para-hydroxylation sites is 2. The maximum absolute atomic E-state index is 12.4. The zero-order valence-electron chi connectivity index (χ0n) is 22.3. The number of hydrogen-bond acceptors (Lipinski definition) is 7. The van der Waals surface area contributed by atoms with E-state index in [1.165, 1.54) is 11.3 Å². The minimum absolute atomic E-state index is 0.0247. The monoisotopic (exact) mass is 499 g/mol. The molecule has 2 aliphatic rings. The fourth-order valence-corrected chi connectivity index (χ4v) is 4.26. The van der Waals surface area contributed by atoms with Crippen LogP contribution in [-0.2, 0) is 9.53 Å². The third-order valence-corrected chi connectivity index (χ3v) is 6.17. The van der Waals surface area contributed by atoms with Crippen LogP contribution in [0.5, 0.6) is 0 Å². The minimum atomic E-state index is -0.186. The first-order valence-electron chi connectivity index (χ1n) is 12.5. The first kappa shape index (κ1) is 28.2. The Morgan fingerprint density at radius 1 is 1.23 bits per heavy atom. The molecule has 0 saturated carbocycles. The number of nitrogens with zero attached hydrogens (tertiary/aromatic N) is 2. The van der Waals surface area contributed by atoms with Crippen LogP contribution in [0, 0.1) is 5.41 Å². The van der Waals surface area contributed by atoms with E-state index in [1.807, 2.05) is 65.2 Å². The van der Waals surface area contributed by atoms with Crippen molar-refractivity contribution in [2.75, 3.05) is 22.6 Å².